The second-order valence-electron chi connectivity index (χ2n) is 6.51. The lowest BCUT2D eigenvalue weighted by molar-refractivity contribution is 0.318. The van der Waals surface area contributed by atoms with Gasteiger partial charge in [-0.3, -0.25) is 0 Å². The van der Waals surface area contributed by atoms with Gasteiger partial charge in [0.1, 0.15) is 11.0 Å². The van der Waals surface area contributed by atoms with E-state index in [-0.39, 0.29) is 22.9 Å². The zero-order valence-electron chi connectivity index (χ0n) is 14.0. The molecule has 0 saturated carbocycles. The van der Waals surface area contributed by atoms with Crippen LogP contribution in [0.5, 0.6) is 0 Å². The molecule has 0 fully saturated rings. The van der Waals surface area contributed by atoms with Crippen LogP contribution in [-0.2, 0) is 27.4 Å². The van der Waals surface area contributed by atoms with E-state index in [1.807, 2.05) is 27.7 Å². The highest BCUT2D eigenvalue weighted by molar-refractivity contribution is 7.90. The molecule has 0 aliphatic rings. The fourth-order valence-corrected chi connectivity index (χ4v) is 2.96. The first kappa shape index (κ1) is 17.6. The maximum Gasteiger partial charge on any atom is 0.244 e. The molecule has 1 atom stereocenters. The van der Waals surface area contributed by atoms with E-state index in [9.17, 15) is 8.42 Å². The molecule has 23 heavy (non-hydrogen) atoms. The molecule has 0 amide bonds. The van der Waals surface area contributed by atoms with Gasteiger partial charge in [0.25, 0.3) is 0 Å². The van der Waals surface area contributed by atoms with Crippen molar-refractivity contribution in [2.75, 3.05) is 0 Å². The van der Waals surface area contributed by atoms with Crippen molar-refractivity contribution in [2.45, 2.75) is 63.9 Å². The third kappa shape index (κ3) is 4.15. The largest absolute Gasteiger partial charge is 0.339 e. The van der Waals surface area contributed by atoms with Gasteiger partial charge in [0, 0.05) is 11.8 Å². The molecular weight excluding hydrogens is 320 g/mol. The lowest BCUT2D eigenvalue weighted by Crippen LogP contribution is -2.15. The highest BCUT2D eigenvalue weighted by Gasteiger charge is 2.31. The Balaban J connectivity index is 2.15. The van der Waals surface area contributed by atoms with Crippen LogP contribution in [0.3, 0.4) is 0 Å². The average Bonchev–Trinajstić information content (AvgIpc) is 3.06. The van der Waals surface area contributed by atoms with Crippen LogP contribution < -0.4 is 0 Å². The molecular formula is C14H22N4O4S. The molecule has 2 aromatic rings. The monoisotopic (exact) mass is 342 g/mol. The van der Waals surface area contributed by atoms with Crippen LogP contribution in [-0.4, -0.2) is 28.7 Å². The van der Waals surface area contributed by atoms with E-state index in [0.717, 1.165) is 6.42 Å². The van der Waals surface area contributed by atoms with Gasteiger partial charge in [0.2, 0.25) is 11.8 Å². The summed E-state index contributed by atoms with van der Waals surface area (Å²) in [4.78, 5) is 8.28. The molecule has 2 heterocycles. The average molecular weight is 342 g/mol. The first-order valence-corrected chi connectivity index (χ1v) is 9.22. The summed E-state index contributed by atoms with van der Waals surface area (Å²) < 4.78 is 35.1. The van der Waals surface area contributed by atoms with Gasteiger partial charge in [0.15, 0.2) is 21.5 Å². The second kappa shape index (κ2) is 6.38. The van der Waals surface area contributed by atoms with Crippen molar-refractivity contribution in [3.63, 3.8) is 0 Å². The van der Waals surface area contributed by atoms with E-state index in [0.29, 0.717) is 18.1 Å². The van der Waals surface area contributed by atoms with Crippen LogP contribution in [0.4, 0.5) is 0 Å². The number of sulfone groups is 1. The van der Waals surface area contributed by atoms with Gasteiger partial charge >= 0.3 is 0 Å². The molecule has 0 spiro atoms. The molecule has 9 heteroatoms. The lowest BCUT2D eigenvalue weighted by Gasteiger charge is -2.10. The van der Waals surface area contributed by atoms with Crippen molar-refractivity contribution in [3.05, 3.63) is 23.4 Å². The van der Waals surface area contributed by atoms with Crippen LogP contribution in [0.1, 0.15) is 69.7 Å². The van der Waals surface area contributed by atoms with Gasteiger partial charge in [-0.2, -0.15) is 9.97 Å². The topological polar surface area (TPSA) is 112 Å². The van der Waals surface area contributed by atoms with E-state index >= 15 is 0 Å². The molecule has 0 saturated heterocycles. The Morgan fingerprint density at radius 3 is 2.30 bits per heavy atom. The Kier molecular flexibility index (Phi) is 4.88. The third-order valence-electron chi connectivity index (χ3n) is 3.28. The SMILES string of the molecule is CCCc1noc(C(C)S(=O)(=O)Cc2noc(C(C)(C)C)n2)n1. The number of aryl methyl sites for hydroxylation is 1. The minimum atomic E-state index is -3.58. The van der Waals surface area contributed by atoms with E-state index in [1.165, 1.54) is 6.92 Å². The number of hydrogen-bond donors (Lipinski definition) is 0. The molecule has 128 valence electrons. The van der Waals surface area contributed by atoms with Crippen molar-refractivity contribution in [1.29, 1.82) is 0 Å². The molecule has 2 rings (SSSR count). The lowest BCUT2D eigenvalue weighted by atomic mass is 9.97. The fraction of sp³-hybridized carbons (Fsp3) is 0.714. The molecule has 1 unspecified atom stereocenters. The summed E-state index contributed by atoms with van der Waals surface area (Å²) in [5.74, 6) is 0.805. The number of rotatable bonds is 6. The second-order valence-corrected chi connectivity index (χ2v) is 8.84. The zero-order chi connectivity index (χ0) is 17.3. The van der Waals surface area contributed by atoms with Crippen molar-refractivity contribution >= 4 is 9.84 Å². The molecule has 0 radical (unpaired) electrons. The predicted octanol–water partition coefficient (Wildman–Crippen LogP) is 2.38. The Hall–Kier alpha value is -1.77. The third-order valence-corrected chi connectivity index (χ3v) is 5.22. The summed E-state index contributed by atoms with van der Waals surface area (Å²) in [6.45, 7) is 9.24. The van der Waals surface area contributed by atoms with Gasteiger partial charge < -0.3 is 9.05 Å². The van der Waals surface area contributed by atoms with Crippen LogP contribution in [0.15, 0.2) is 9.05 Å². The fourth-order valence-electron chi connectivity index (χ4n) is 1.83. The first-order chi connectivity index (χ1) is 10.6. The number of aromatic nitrogens is 4. The van der Waals surface area contributed by atoms with Gasteiger partial charge in [0.05, 0.1) is 0 Å². The van der Waals surface area contributed by atoms with Crippen molar-refractivity contribution < 1.29 is 17.5 Å². The molecule has 0 aliphatic heterocycles. The maximum atomic E-state index is 12.5. The van der Waals surface area contributed by atoms with Crippen molar-refractivity contribution in [2.24, 2.45) is 0 Å². The van der Waals surface area contributed by atoms with E-state index in [1.54, 1.807) is 0 Å². The Labute approximate surface area is 135 Å². The van der Waals surface area contributed by atoms with E-state index < -0.39 is 15.1 Å². The first-order valence-electron chi connectivity index (χ1n) is 7.50. The van der Waals surface area contributed by atoms with Gasteiger partial charge in [-0.1, -0.05) is 38.0 Å². The van der Waals surface area contributed by atoms with E-state index in [4.69, 9.17) is 9.05 Å². The van der Waals surface area contributed by atoms with Crippen LogP contribution in [0.25, 0.3) is 0 Å². The molecule has 0 N–H and O–H groups in total. The molecule has 0 bridgehead atoms. The summed E-state index contributed by atoms with van der Waals surface area (Å²) >= 11 is 0. The normalized spacial score (nSPS) is 14.1. The smallest absolute Gasteiger partial charge is 0.244 e. The minimum absolute atomic E-state index is 0.0907. The Bertz CT molecular complexity index is 758. The van der Waals surface area contributed by atoms with Gasteiger partial charge in [-0.15, -0.1) is 0 Å². The van der Waals surface area contributed by atoms with Crippen LogP contribution in [0, 0.1) is 0 Å². The highest BCUT2D eigenvalue weighted by atomic mass is 32.2. The summed E-state index contributed by atoms with van der Waals surface area (Å²) in [6.07, 6.45) is 1.51. The predicted molar refractivity (Wildman–Crippen MR) is 82.3 cm³/mol. The molecule has 0 aromatic carbocycles. The number of hydrogen-bond acceptors (Lipinski definition) is 8. The highest BCUT2D eigenvalue weighted by Crippen LogP contribution is 2.25. The Morgan fingerprint density at radius 1 is 1.09 bits per heavy atom. The maximum absolute atomic E-state index is 12.5. The molecule has 2 aromatic heterocycles. The van der Waals surface area contributed by atoms with Crippen molar-refractivity contribution in [3.8, 4) is 0 Å². The Morgan fingerprint density at radius 2 is 1.74 bits per heavy atom. The van der Waals surface area contributed by atoms with Crippen LogP contribution in [0.2, 0.25) is 0 Å². The van der Waals surface area contributed by atoms with Crippen molar-refractivity contribution in [1.82, 2.24) is 20.3 Å². The summed E-state index contributed by atoms with van der Waals surface area (Å²) in [5.41, 5.74) is -0.331. The van der Waals surface area contributed by atoms with Crippen LogP contribution >= 0.6 is 0 Å². The minimum Gasteiger partial charge on any atom is -0.339 e. The summed E-state index contributed by atoms with van der Waals surface area (Å²) in [7, 11) is -3.58. The zero-order valence-corrected chi connectivity index (χ0v) is 14.8. The number of nitrogens with zero attached hydrogens (tertiary/aromatic N) is 4. The van der Waals surface area contributed by atoms with Gasteiger partial charge in [-0.05, 0) is 13.3 Å². The quantitative estimate of drug-likeness (QED) is 0.786. The molecule has 8 nitrogen and oxygen atoms in total. The van der Waals surface area contributed by atoms with E-state index in [2.05, 4.69) is 20.3 Å². The molecule has 0 aliphatic carbocycles. The summed E-state index contributed by atoms with van der Waals surface area (Å²) in [6, 6.07) is 0. The van der Waals surface area contributed by atoms with Gasteiger partial charge in [-0.25, -0.2) is 8.42 Å². The summed E-state index contributed by atoms with van der Waals surface area (Å²) in [5, 5.41) is 6.61. The standard InChI is InChI=1S/C14H22N4O4S/c1-6-7-10-15-12(21-17-10)9(2)23(19,20)8-11-16-13(22-18-11)14(3,4)5/h9H,6-8H2,1-5H3.